The van der Waals surface area contributed by atoms with E-state index in [1.807, 2.05) is 6.07 Å². The SMILES string of the molecule is CC1CCC(NC(=O)COC(=O)c2nn(-c3ccccc3)c(=O)c3ccccc23)CC1. The highest BCUT2D eigenvalue weighted by Crippen LogP contribution is 2.23. The molecule has 1 amide bonds. The number of carbonyl (C=O) groups is 2. The summed E-state index contributed by atoms with van der Waals surface area (Å²) in [5.41, 5.74) is 0.206. The maximum absolute atomic E-state index is 12.9. The van der Waals surface area contributed by atoms with Crippen LogP contribution in [-0.4, -0.2) is 34.3 Å². The molecular weight excluding hydrogens is 394 g/mol. The Kier molecular flexibility index (Phi) is 6.11. The molecule has 1 heterocycles. The lowest BCUT2D eigenvalue weighted by molar-refractivity contribution is -0.125. The minimum atomic E-state index is -0.742. The number of benzene rings is 2. The first-order valence-electron chi connectivity index (χ1n) is 10.6. The summed E-state index contributed by atoms with van der Waals surface area (Å²) in [6, 6.07) is 15.7. The zero-order chi connectivity index (χ0) is 21.8. The maximum atomic E-state index is 12.9. The summed E-state index contributed by atoms with van der Waals surface area (Å²) in [4.78, 5) is 38.0. The highest BCUT2D eigenvalue weighted by atomic mass is 16.5. The van der Waals surface area contributed by atoms with Gasteiger partial charge >= 0.3 is 5.97 Å². The molecule has 0 bridgehead atoms. The molecule has 0 spiro atoms. The highest BCUT2D eigenvalue weighted by Gasteiger charge is 2.22. The van der Waals surface area contributed by atoms with Crippen LogP contribution in [0.1, 0.15) is 43.1 Å². The molecule has 1 aliphatic carbocycles. The van der Waals surface area contributed by atoms with Crippen LogP contribution >= 0.6 is 0 Å². The Morgan fingerprint density at radius 2 is 1.65 bits per heavy atom. The third kappa shape index (κ3) is 4.66. The van der Waals surface area contributed by atoms with Gasteiger partial charge in [-0.15, -0.1) is 0 Å². The number of ether oxygens (including phenoxy) is 1. The van der Waals surface area contributed by atoms with E-state index in [-0.39, 0.29) is 29.8 Å². The first kappa shape index (κ1) is 20.8. The number of nitrogens with zero attached hydrogens (tertiary/aromatic N) is 2. The fraction of sp³-hybridized carbons (Fsp3) is 0.333. The van der Waals surface area contributed by atoms with Crippen molar-refractivity contribution in [3.8, 4) is 5.69 Å². The zero-order valence-electron chi connectivity index (χ0n) is 17.4. The largest absolute Gasteiger partial charge is 0.451 e. The van der Waals surface area contributed by atoms with Crippen LogP contribution < -0.4 is 10.9 Å². The molecule has 7 nitrogen and oxygen atoms in total. The summed E-state index contributed by atoms with van der Waals surface area (Å²) >= 11 is 0. The predicted molar refractivity (Wildman–Crippen MR) is 117 cm³/mol. The Balaban J connectivity index is 1.54. The van der Waals surface area contributed by atoms with E-state index < -0.39 is 5.97 Å². The molecule has 3 aromatic rings. The quantitative estimate of drug-likeness (QED) is 0.641. The van der Waals surface area contributed by atoms with E-state index >= 15 is 0 Å². The number of esters is 1. The van der Waals surface area contributed by atoms with Crippen LogP contribution in [0.5, 0.6) is 0 Å². The number of hydrogen-bond acceptors (Lipinski definition) is 5. The van der Waals surface area contributed by atoms with Crippen molar-refractivity contribution < 1.29 is 14.3 Å². The van der Waals surface area contributed by atoms with E-state index in [2.05, 4.69) is 17.3 Å². The number of fused-ring (bicyclic) bond motifs is 1. The molecule has 1 fully saturated rings. The van der Waals surface area contributed by atoms with Gasteiger partial charge in [-0.25, -0.2) is 4.79 Å². The average molecular weight is 419 g/mol. The average Bonchev–Trinajstić information content (AvgIpc) is 2.80. The summed E-state index contributed by atoms with van der Waals surface area (Å²) < 4.78 is 6.45. The molecule has 1 aliphatic rings. The number of para-hydroxylation sites is 1. The van der Waals surface area contributed by atoms with Gasteiger partial charge < -0.3 is 10.1 Å². The van der Waals surface area contributed by atoms with E-state index in [0.717, 1.165) is 25.7 Å². The second-order valence-corrected chi connectivity index (χ2v) is 8.05. The first-order chi connectivity index (χ1) is 15.0. The normalized spacial score (nSPS) is 18.5. The molecular formula is C24H25N3O4. The van der Waals surface area contributed by atoms with Gasteiger partial charge in [0.1, 0.15) is 0 Å². The molecule has 0 radical (unpaired) electrons. The summed E-state index contributed by atoms with van der Waals surface area (Å²) in [7, 11) is 0. The summed E-state index contributed by atoms with van der Waals surface area (Å²) in [6.45, 7) is 1.83. The standard InChI is InChI=1S/C24H25N3O4/c1-16-11-13-17(14-12-16)25-21(28)15-31-24(30)22-19-9-5-6-10-20(19)23(29)27(26-22)18-7-3-2-4-8-18/h2-10,16-17H,11-15H2,1H3,(H,25,28). The fourth-order valence-electron chi connectivity index (χ4n) is 3.96. The van der Waals surface area contributed by atoms with Crippen molar-refractivity contribution in [1.29, 1.82) is 0 Å². The topological polar surface area (TPSA) is 90.3 Å². The van der Waals surface area contributed by atoms with Crippen LogP contribution in [0.25, 0.3) is 16.5 Å². The number of aromatic nitrogens is 2. The second kappa shape index (κ2) is 9.12. The molecule has 160 valence electrons. The molecule has 31 heavy (non-hydrogen) atoms. The van der Waals surface area contributed by atoms with Gasteiger partial charge in [-0.3, -0.25) is 9.59 Å². The number of rotatable bonds is 5. The molecule has 0 atom stereocenters. The van der Waals surface area contributed by atoms with Crippen LogP contribution in [0.4, 0.5) is 0 Å². The number of hydrogen-bond donors (Lipinski definition) is 1. The van der Waals surface area contributed by atoms with Crippen molar-refractivity contribution >= 4 is 22.6 Å². The van der Waals surface area contributed by atoms with E-state index in [9.17, 15) is 14.4 Å². The van der Waals surface area contributed by atoms with Crippen LogP contribution in [0, 0.1) is 5.92 Å². The number of nitrogens with one attached hydrogen (secondary N) is 1. The molecule has 1 saturated carbocycles. The van der Waals surface area contributed by atoms with E-state index in [0.29, 0.717) is 22.4 Å². The van der Waals surface area contributed by atoms with Crippen molar-refractivity contribution in [1.82, 2.24) is 15.1 Å². The summed E-state index contributed by atoms with van der Waals surface area (Å²) in [5, 5.41) is 7.96. The van der Waals surface area contributed by atoms with Crippen LogP contribution in [0.2, 0.25) is 0 Å². The molecule has 1 N–H and O–H groups in total. The Morgan fingerprint density at radius 3 is 2.35 bits per heavy atom. The van der Waals surface area contributed by atoms with Gasteiger partial charge in [-0.05, 0) is 49.8 Å². The Bertz CT molecular complexity index is 1150. The van der Waals surface area contributed by atoms with Crippen LogP contribution in [0.3, 0.4) is 0 Å². The fourth-order valence-corrected chi connectivity index (χ4v) is 3.96. The second-order valence-electron chi connectivity index (χ2n) is 8.05. The molecule has 0 unspecified atom stereocenters. The van der Waals surface area contributed by atoms with Gasteiger partial charge in [-0.2, -0.15) is 9.78 Å². The third-order valence-corrected chi connectivity index (χ3v) is 5.71. The lowest BCUT2D eigenvalue weighted by Gasteiger charge is -2.26. The number of amides is 1. The number of carbonyl (C=O) groups excluding carboxylic acids is 2. The minimum Gasteiger partial charge on any atom is -0.451 e. The lowest BCUT2D eigenvalue weighted by Crippen LogP contribution is -2.39. The first-order valence-corrected chi connectivity index (χ1v) is 10.6. The Labute approximate surface area is 180 Å². The minimum absolute atomic E-state index is 0.00153. The Morgan fingerprint density at radius 1 is 1.00 bits per heavy atom. The van der Waals surface area contributed by atoms with Gasteiger partial charge in [0.15, 0.2) is 12.3 Å². The van der Waals surface area contributed by atoms with Crippen LogP contribution in [-0.2, 0) is 9.53 Å². The van der Waals surface area contributed by atoms with E-state index in [1.165, 1.54) is 4.68 Å². The molecule has 4 rings (SSSR count). The lowest BCUT2D eigenvalue weighted by atomic mass is 9.87. The zero-order valence-corrected chi connectivity index (χ0v) is 17.4. The summed E-state index contributed by atoms with van der Waals surface area (Å²) in [6.07, 6.45) is 4.05. The molecule has 0 saturated heterocycles. The van der Waals surface area contributed by atoms with E-state index in [4.69, 9.17) is 4.74 Å². The van der Waals surface area contributed by atoms with Gasteiger partial charge in [0, 0.05) is 11.4 Å². The van der Waals surface area contributed by atoms with Gasteiger partial charge in [-0.1, -0.05) is 43.3 Å². The molecule has 1 aromatic heterocycles. The Hall–Kier alpha value is -3.48. The highest BCUT2D eigenvalue weighted by molar-refractivity contribution is 6.02. The van der Waals surface area contributed by atoms with Crippen molar-refractivity contribution in [2.75, 3.05) is 6.61 Å². The van der Waals surface area contributed by atoms with Crippen molar-refractivity contribution in [3.63, 3.8) is 0 Å². The third-order valence-electron chi connectivity index (χ3n) is 5.71. The molecule has 7 heteroatoms. The monoisotopic (exact) mass is 419 g/mol. The van der Waals surface area contributed by atoms with Crippen molar-refractivity contribution in [2.24, 2.45) is 5.92 Å². The molecule has 2 aromatic carbocycles. The predicted octanol–water partition coefficient (Wildman–Crippen LogP) is 3.24. The maximum Gasteiger partial charge on any atom is 0.359 e. The smallest absolute Gasteiger partial charge is 0.359 e. The van der Waals surface area contributed by atoms with Gasteiger partial charge in [0.05, 0.1) is 11.1 Å². The van der Waals surface area contributed by atoms with Gasteiger partial charge in [0.2, 0.25) is 0 Å². The van der Waals surface area contributed by atoms with Crippen LogP contribution in [0.15, 0.2) is 59.4 Å². The van der Waals surface area contributed by atoms with Crippen molar-refractivity contribution in [3.05, 3.63) is 70.6 Å². The van der Waals surface area contributed by atoms with Crippen molar-refractivity contribution in [2.45, 2.75) is 38.6 Å². The van der Waals surface area contributed by atoms with E-state index in [1.54, 1.807) is 48.5 Å². The molecule has 0 aliphatic heterocycles. The summed E-state index contributed by atoms with van der Waals surface area (Å²) in [5.74, 6) is -0.382. The van der Waals surface area contributed by atoms with Gasteiger partial charge in [0.25, 0.3) is 11.5 Å².